The maximum Gasteiger partial charge on any atom is 0.404 e. The molecule has 1 aromatic carbocycles. The fourth-order valence-corrected chi connectivity index (χ4v) is 3.19. The highest BCUT2D eigenvalue weighted by atomic mass is 19.3. The minimum atomic E-state index is -2.82. The molecule has 1 aliphatic rings. The Kier molecular flexibility index (Phi) is 5.68. The van der Waals surface area contributed by atoms with Gasteiger partial charge in [0.15, 0.2) is 5.82 Å². The maximum atomic E-state index is 13.7. The van der Waals surface area contributed by atoms with E-state index in [9.17, 15) is 13.6 Å². The number of rotatable bonds is 5. The monoisotopic (exact) mass is 388 g/mol. The molecular formula is C19H18F2N4O3. The zero-order valence-electron chi connectivity index (χ0n) is 14.8. The second kappa shape index (κ2) is 8.17. The van der Waals surface area contributed by atoms with Crippen molar-refractivity contribution in [2.75, 3.05) is 6.61 Å². The van der Waals surface area contributed by atoms with Crippen molar-refractivity contribution >= 4 is 6.09 Å². The summed E-state index contributed by atoms with van der Waals surface area (Å²) in [6.45, 7) is -0.0206. The number of ether oxygens (including phenoxy) is 1. The van der Waals surface area contributed by atoms with Gasteiger partial charge in [-0.3, -0.25) is 0 Å². The Morgan fingerprint density at radius 3 is 2.61 bits per heavy atom. The molecule has 0 aliphatic heterocycles. The first kappa shape index (κ1) is 19.5. The molecule has 28 heavy (non-hydrogen) atoms. The molecular weight excluding hydrogens is 370 g/mol. The highest BCUT2D eigenvalue weighted by Gasteiger charge is 2.42. The summed E-state index contributed by atoms with van der Waals surface area (Å²) in [5.41, 5.74) is 1.07. The van der Waals surface area contributed by atoms with E-state index < -0.39 is 30.4 Å². The number of halogens is 2. The number of nitrogens with zero attached hydrogens (tertiary/aromatic N) is 3. The van der Waals surface area contributed by atoms with Crippen LogP contribution in [0.4, 0.5) is 13.6 Å². The van der Waals surface area contributed by atoms with Gasteiger partial charge in [0.1, 0.15) is 11.8 Å². The lowest BCUT2D eigenvalue weighted by Gasteiger charge is -2.35. The molecule has 3 rings (SSSR count). The minimum Gasteiger partial charge on any atom is -0.493 e. The number of aromatic nitrogens is 2. The largest absolute Gasteiger partial charge is 0.493 e. The molecule has 1 fully saturated rings. The molecule has 0 spiro atoms. The molecule has 1 heterocycles. The lowest BCUT2D eigenvalue weighted by atomic mass is 9.82. The Hall–Kier alpha value is -3.28. The van der Waals surface area contributed by atoms with Gasteiger partial charge in [0.2, 0.25) is 5.92 Å². The van der Waals surface area contributed by atoms with Crippen LogP contribution in [-0.4, -0.2) is 39.7 Å². The van der Waals surface area contributed by atoms with E-state index in [0.717, 1.165) is 0 Å². The van der Waals surface area contributed by atoms with Crippen molar-refractivity contribution in [2.45, 2.75) is 31.2 Å². The molecule has 1 amide bonds. The van der Waals surface area contributed by atoms with Crippen LogP contribution in [0.2, 0.25) is 0 Å². The van der Waals surface area contributed by atoms with Crippen LogP contribution in [0.1, 0.15) is 24.8 Å². The number of carboxylic acid groups (broad SMARTS) is 1. The SMILES string of the molecule is N#Cc1cnc(-c2ccc(OC[C@@H]3CC(F)(F)CC[C@@H]3NC(=O)O)cc2)nc1. The highest BCUT2D eigenvalue weighted by molar-refractivity contribution is 5.64. The second-order valence-electron chi connectivity index (χ2n) is 6.66. The molecule has 0 unspecified atom stereocenters. The number of amides is 1. The van der Waals surface area contributed by atoms with Gasteiger partial charge in [0.25, 0.3) is 0 Å². The predicted octanol–water partition coefficient (Wildman–Crippen LogP) is 3.47. The zero-order valence-corrected chi connectivity index (χ0v) is 14.8. The van der Waals surface area contributed by atoms with Crippen molar-refractivity contribution in [3.63, 3.8) is 0 Å². The molecule has 0 bridgehead atoms. The number of hydrogen-bond acceptors (Lipinski definition) is 5. The molecule has 9 heteroatoms. The van der Waals surface area contributed by atoms with E-state index in [1.165, 1.54) is 12.4 Å². The van der Waals surface area contributed by atoms with Crippen molar-refractivity contribution in [2.24, 2.45) is 5.92 Å². The average molecular weight is 388 g/mol. The summed E-state index contributed by atoms with van der Waals surface area (Å²) >= 11 is 0. The highest BCUT2D eigenvalue weighted by Crippen LogP contribution is 2.37. The van der Waals surface area contributed by atoms with Gasteiger partial charge in [-0.2, -0.15) is 5.26 Å². The van der Waals surface area contributed by atoms with Crippen LogP contribution in [0.15, 0.2) is 36.7 Å². The number of benzene rings is 1. The lowest BCUT2D eigenvalue weighted by Crippen LogP contribution is -2.48. The van der Waals surface area contributed by atoms with E-state index in [1.54, 1.807) is 24.3 Å². The van der Waals surface area contributed by atoms with Crippen LogP contribution < -0.4 is 10.1 Å². The summed E-state index contributed by atoms with van der Waals surface area (Å²) in [4.78, 5) is 19.1. The van der Waals surface area contributed by atoms with Crippen molar-refractivity contribution in [3.05, 3.63) is 42.2 Å². The van der Waals surface area contributed by atoms with Gasteiger partial charge in [0, 0.05) is 42.8 Å². The van der Waals surface area contributed by atoms with E-state index in [-0.39, 0.29) is 19.4 Å². The third-order valence-electron chi connectivity index (χ3n) is 4.62. The fourth-order valence-electron chi connectivity index (χ4n) is 3.19. The van der Waals surface area contributed by atoms with E-state index >= 15 is 0 Å². The summed E-state index contributed by atoms with van der Waals surface area (Å²) < 4.78 is 33.1. The van der Waals surface area contributed by atoms with Gasteiger partial charge in [-0.1, -0.05) is 0 Å². The Morgan fingerprint density at radius 2 is 2.00 bits per heavy atom. The van der Waals surface area contributed by atoms with Gasteiger partial charge in [-0.05, 0) is 30.7 Å². The summed E-state index contributed by atoms with van der Waals surface area (Å²) in [5, 5.41) is 20.0. The van der Waals surface area contributed by atoms with Gasteiger partial charge >= 0.3 is 6.09 Å². The van der Waals surface area contributed by atoms with Crippen molar-refractivity contribution in [1.29, 1.82) is 5.26 Å². The number of carbonyl (C=O) groups is 1. The smallest absolute Gasteiger partial charge is 0.404 e. The summed E-state index contributed by atoms with van der Waals surface area (Å²) in [6.07, 6.45) is 0.925. The summed E-state index contributed by atoms with van der Waals surface area (Å²) in [7, 11) is 0. The van der Waals surface area contributed by atoms with Crippen LogP contribution in [0.5, 0.6) is 5.75 Å². The number of nitriles is 1. The quantitative estimate of drug-likeness (QED) is 0.812. The molecule has 1 saturated carbocycles. The zero-order chi connectivity index (χ0) is 20.1. The third-order valence-corrected chi connectivity index (χ3v) is 4.62. The fraction of sp³-hybridized carbons (Fsp3) is 0.368. The third kappa shape index (κ3) is 4.91. The van der Waals surface area contributed by atoms with E-state index in [0.29, 0.717) is 22.7 Å². The molecule has 1 aromatic heterocycles. The van der Waals surface area contributed by atoms with Gasteiger partial charge < -0.3 is 15.2 Å². The van der Waals surface area contributed by atoms with E-state index in [2.05, 4.69) is 15.3 Å². The topological polar surface area (TPSA) is 108 Å². The number of nitrogens with one attached hydrogen (secondary N) is 1. The maximum absolute atomic E-state index is 13.7. The molecule has 1 aliphatic carbocycles. The van der Waals surface area contributed by atoms with Gasteiger partial charge in [-0.25, -0.2) is 23.5 Å². The first-order valence-corrected chi connectivity index (χ1v) is 8.69. The number of alkyl halides is 2. The molecule has 0 radical (unpaired) electrons. The molecule has 0 saturated heterocycles. The Labute approximate surface area is 160 Å². The predicted molar refractivity (Wildman–Crippen MR) is 94.9 cm³/mol. The first-order valence-electron chi connectivity index (χ1n) is 8.69. The second-order valence-corrected chi connectivity index (χ2v) is 6.66. The summed E-state index contributed by atoms with van der Waals surface area (Å²) in [5.74, 6) is -2.52. The number of hydrogen-bond donors (Lipinski definition) is 2. The van der Waals surface area contributed by atoms with Crippen LogP contribution in [0.3, 0.4) is 0 Å². The van der Waals surface area contributed by atoms with E-state index in [4.69, 9.17) is 15.1 Å². The van der Waals surface area contributed by atoms with Crippen LogP contribution in [0, 0.1) is 17.2 Å². The summed E-state index contributed by atoms with van der Waals surface area (Å²) in [6, 6.07) is 8.15. The Balaban J connectivity index is 1.64. The molecule has 146 valence electrons. The van der Waals surface area contributed by atoms with Crippen LogP contribution in [0.25, 0.3) is 11.4 Å². The first-order chi connectivity index (χ1) is 13.4. The standard InChI is InChI=1S/C19H18F2N4O3/c20-19(21)6-5-16(25-18(26)27)14(7-19)11-28-15-3-1-13(2-4-15)17-23-9-12(8-22)10-24-17/h1-4,9-10,14,16,25H,5-7,11H2,(H,26,27)/t14-,16-/m0/s1. The Bertz CT molecular complexity index is 866. The molecule has 2 aromatic rings. The Morgan fingerprint density at radius 1 is 1.32 bits per heavy atom. The minimum absolute atomic E-state index is 0.0206. The van der Waals surface area contributed by atoms with Gasteiger partial charge in [0.05, 0.1) is 12.2 Å². The van der Waals surface area contributed by atoms with E-state index in [1.807, 2.05) is 6.07 Å². The normalized spacial score (nSPS) is 20.8. The molecule has 2 N–H and O–H groups in total. The van der Waals surface area contributed by atoms with Gasteiger partial charge in [-0.15, -0.1) is 0 Å². The van der Waals surface area contributed by atoms with Crippen LogP contribution >= 0.6 is 0 Å². The molecule has 2 atom stereocenters. The average Bonchev–Trinajstić information content (AvgIpc) is 2.68. The lowest BCUT2D eigenvalue weighted by molar-refractivity contribution is -0.0677. The molecule has 7 nitrogen and oxygen atoms in total. The van der Waals surface area contributed by atoms with Crippen molar-refractivity contribution in [1.82, 2.24) is 15.3 Å². The van der Waals surface area contributed by atoms with Crippen LogP contribution in [-0.2, 0) is 0 Å². The van der Waals surface area contributed by atoms with Crippen molar-refractivity contribution < 1.29 is 23.4 Å². The van der Waals surface area contributed by atoms with Crippen molar-refractivity contribution in [3.8, 4) is 23.2 Å².